The van der Waals surface area contributed by atoms with Crippen LogP contribution in [-0.2, 0) is 11.3 Å². The van der Waals surface area contributed by atoms with Crippen molar-refractivity contribution in [3.05, 3.63) is 42.0 Å². The fourth-order valence-corrected chi connectivity index (χ4v) is 2.02. The minimum absolute atomic E-state index is 0. The van der Waals surface area contributed by atoms with E-state index >= 15 is 0 Å². The Morgan fingerprint density at radius 2 is 1.90 bits per heavy atom. The number of ether oxygens (including phenoxy) is 1. The summed E-state index contributed by atoms with van der Waals surface area (Å²) in [5.41, 5.74) is 6.73. The van der Waals surface area contributed by atoms with E-state index in [4.69, 9.17) is 10.5 Å². The first-order valence-corrected chi connectivity index (χ1v) is 6.74. The number of rotatable bonds is 5. The number of benzene rings is 2. The number of halogens is 1. The van der Waals surface area contributed by atoms with Crippen LogP contribution >= 0.6 is 12.4 Å². The summed E-state index contributed by atoms with van der Waals surface area (Å²) in [5, 5.41) is 5.09. The van der Waals surface area contributed by atoms with Crippen LogP contribution in [0.3, 0.4) is 0 Å². The summed E-state index contributed by atoms with van der Waals surface area (Å²) < 4.78 is 5.20. The van der Waals surface area contributed by atoms with Gasteiger partial charge in [0.1, 0.15) is 5.75 Å². The van der Waals surface area contributed by atoms with E-state index in [0.717, 1.165) is 22.1 Å². The van der Waals surface area contributed by atoms with Crippen LogP contribution in [0.25, 0.3) is 10.8 Å². The molecule has 21 heavy (non-hydrogen) atoms. The molecule has 5 heteroatoms. The molecule has 114 valence electrons. The number of amides is 1. The third kappa shape index (κ3) is 4.34. The molecule has 0 fully saturated rings. The standard InChI is InChI=1S/C16H20N2O2.ClH/c1-3-15(17)16(19)18-10-11-4-5-13-9-14(20-2)7-6-12(13)8-11;/h4-9,15H,3,10,17H2,1-2H3,(H,18,19);1H/t15-;/m0./s1. The lowest BCUT2D eigenvalue weighted by molar-refractivity contribution is -0.122. The fraction of sp³-hybridized carbons (Fsp3) is 0.312. The van der Waals surface area contributed by atoms with Crippen LogP contribution in [0, 0.1) is 0 Å². The molecule has 2 rings (SSSR count). The molecule has 0 aliphatic rings. The summed E-state index contributed by atoms with van der Waals surface area (Å²) in [6, 6.07) is 11.6. The van der Waals surface area contributed by atoms with Crippen molar-refractivity contribution >= 4 is 29.1 Å². The van der Waals surface area contributed by atoms with Crippen LogP contribution in [0.15, 0.2) is 36.4 Å². The Labute approximate surface area is 131 Å². The molecular formula is C16H21ClN2O2. The third-order valence-electron chi connectivity index (χ3n) is 3.36. The number of nitrogens with two attached hydrogens (primary N) is 1. The average Bonchev–Trinajstić information content (AvgIpc) is 2.50. The van der Waals surface area contributed by atoms with Crippen LogP contribution in [0.2, 0.25) is 0 Å². The Bertz CT molecular complexity index is 616. The lowest BCUT2D eigenvalue weighted by Crippen LogP contribution is -2.39. The predicted octanol–water partition coefficient (Wildman–Crippen LogP) is 2.62. The molecule has 0 unspecified atom stereocenters. The maximum Gasteiger partial charge on any atom is 0.237 e. The average molecular weight is 309 g/mol. The first-order chi connectivity index (χ1) is 9.63. The Hall–Kier alpha value is -1.78. The highest BCUT2D eigenvalue weighted by Gasteiger charge is 2.09. The predicted molar refractivity (Wildman–Crippen MR) is 87.9 cm³/mol. The van der Waals surface area contributed by atoms with Crippen molar-refractivity contribution in [1.29, 1.82) is 0 Å². The van der Waals surface area contributed by atoms with Gasteiger partial charge in [0.2, 0.25) is 5.91 Å². The van der Waals surface area contributed by atoms with Crippen LogP contribution in [0.1, 0.15) is 18.9 Å². The van der Waals surface area contributed by atoms with Gasteiger partial charge in [0.15, 0.2) is 0 Å². The van der Waals surface area contributed by atoms with Crippen molar-refractivity contribution in [2.75, 3.05) is 7.11 Å². The minimum atomic E-state index is -0.431. The highest BCUT2D eigenvalue weighted by Crippen LogP contribution is 2.21. The second-order valence-corrected chi connectivity index (χ2v) is 4.78. The SMILES string of the molecule is CC[C@H](N)C(=O)NCc1ccc2cc(OC)ccc2c1.Cl. The second kappa shape index (κ2) is 7.86. The molecule has 0 saturated carbocycles. The van der Waals surface area contributed by atoms with E-state index in [-0.39, 0.29) is 18.3 Å². The smallest absolute Gasteiger partial charge is 0.237 e. The van der Waals surface area contributed by atoms with Gasteiger partial charge >= 0.3 is 0 Å². The van der Waals surface area contributed by atoms with Crippen LogP contribution in [-0.4, -0.2) is 19.1 Å². The van der Waals surface area contributed by atoms with Crippen LogP contribution < -0.4 is 15.8 Å². The number of fused-ring (bicyclic) bond motifs is 1. The summed E-state index contributed by atoms with van der Waals surface area (Å²) in [4.78, 5) is 11.6. The van der Waals surface area contributed by atoms with Gasteiger partial charge in [-0.3, -0.25) is 4.79 Å². The highest BCUT2D eigenvalue weighted by atomic mass is 35.5. The van der Waals surface area contributed by atoms with Crippen molar-refractivity contribution in [3.63, 3.8) is 0 Å². The van der Waals surface area contributed by atoms with Gasteiger partial charge in [-0.05, 0) is 41.0 Å². The van der Waals surface area contributed by atoms with E-state index in [9.17, 15) is 4.79 Å². The molecule has 3 N–H and O–H groups in total. The molecule has 2 aromatic rings. The molecule has 0 heterocycles. The largest absolute Gasteiger partial charge is 0.497 e. The van der Waals surface area contributed by atoms with Crippen LogP contribution in [0.5, 0.6) is 5.75 Å². The van der Waals surface area contributed by atoms with Crippen molar-refractivity contribution in [1.82, 2.24) is 5.32 Å². The first-order valence-electron chi connectivity index (χ1n) is 6.74. The van der Waals surface area contributed by atoms with Gasteiger partial charge in [0, 0.05) is 6.54 Å². The number of carbonyl (C=O) groups excluding carboxylic acids is 1. The summed E-state index contributed by atoms with van der Waals surface area (Å²) >= 11 is 0. The van der Waals surface area contributed by atoms with Crippen molar-refractivity contribution in [2.45, 2.75) is 25.9 Å². The van der Waals surface area contributed by atoms with Gasteiger partial charge in [0.25, 0.3) is 0 Å². The third-order valence-corrected chi connectivity index (χ3v) is 3.36. The van der Waals surface area contributed by atoms with Crippen molar-refractivity contribution < 1.29 is 9.53 Å². The summed E-state index contributed by atoms with van der Waals surface area (Å²) in [6.07, 6.45) is 0.642. The monoisotopic (exact) mass is 308 g/mol. The van der Waals surface area contributed by atoms with E-state index in [2.05, 4.69) is 11.4 Å². The molecule has 0 bridgehead atoms. The van der Waals surface area contributed by atoms with E-state index in [1.54, 1.807) is 7.11 Å². The molecule has 0 aliphatic heterocycles. The molecule has 1 amide bonds. The fourth-order valence-electron chi connectivity index (χ4n) is 2.02. The summed E-state index contributed by atoms with van der Waals surface area (Å²) in [7, 11) is 1.65. The van der Waals surface area contributed by atoms with E-state index in [0.29, 0.717) is 13.0 Å². The number of hydrogen-bond donors (Lipinski definition) is 2. The zero-order valence-electron chi connectivity index (χ0n) is 12.3. The molecule has 0 radical (unpaired) electrons. The molecule has 0 aliphatic carbocycles. The number of carbonyl (C=O) groups is 1. The van der Waals surface area contributed by atoms with E-state index in [1.807, 2.05) is 37.3 Å². The van der Waals surface area contributed by atoms with Gasteiger partial charge < -0.3 is 15.8 Å². The van der Waals surface area contributed by atoms with Gasteiger partial charge in [-0.1, -0.05) is 25.1 Å². The zero-order chi connectivity index (χ0) is 14.5. The maximum atomic E-state index is 11.6. The van der Waals surface area contributed by atoms with E-state index in [1.165, 1.54) is 0 Å². The number of methoxy groups -OCH3 is 1. The Morgan fingerprint density at radius 3 is 2.57 bits per heavy atom. The molecule has 2 aromatic carbocycles. The van der Waals surface area contributed by atoms with Crippen molar-refractivity contribution in [2.24, 2.45) is 5.73 Å². The molecule has 1 atom stereocenters. The van der Waals surface area contributed by atoms with Gasteiger partial charge in [-0.2, -0.15) is 0 Å². The topological polar surface area (TPSA) is 64.4 Å². The molecule has 0 aromatic heterocycles. The first kappa shape index (κ1) is 17.3. The number of nitrogens with one attached hydrogen (secondary N) is 1. The second-order valence-electron chi connectivity index (χ2n) is 4.78. The van der Waals surface area contributed by atoms with Crippen molar-refractivity contribution in [3.8, 4) is 5.75 Å². The Kier molecular flexibility index (Phi) is 6.46. The highest BCUT2D eigenvalue weighted by molar-refractivity contribution is 5.85. The zero-order valence-corrected chi connectivity index (χ0v) is 13.1. The van der Waals surface area contributed by atoms with Crippen LogP contribution in [0.4, 0.5) is 0 Å². The molecular weight excluding hydrogens is 288 g/mol. The number of hydrogen-bond acceptors (Lipinski definition) is 3. The lowest BCUT2D eigenvalue weighted by atomic mass is 10.1. The quantitative estimate of drug-likeness (QED) is 0.892. The molecule has 0 saturated heterocycles. The molecule has 4 nitrogen and oxygen atoms in total. The normalized spacial score (nSPS) is 11.6. The summed E-state index contributed by atoms with van der Waals surface area (Å²) in [5.74, 6) is 0.731. The summed E-state index contributed by atoms with van der Waals surface area (Å²) in [6.45, 7) is 2.39. The Morgan fingerprint density at radius 1 is 1.24 bits per heavy atom. The maximum absolute atomic E-state index is 11.6. The minimum Gasteiger partial charge on any atom is -0.497 e. The van der Waals surface area contributed by atoms with E-state index < -0.39 is 6.04 Å². The van der Waals surface area contributed by atoms with Gasteiger partial charge in [-0.25, -0.2) is 0 Å². The van der Waals surface area contributed by atoms with Gasteiger partial charge in [0.05, 0.1) is 13.2 Å². The molecule has 0 spiro atoms. The van der Waals surface area contributed by atoms with Gasteiger partial charge in [-0.15, -0.1) is 12.4 Å². The Balaban J connectivity index is 0.00000220. The lowest BCUT2D eigenvalue weighted by Gasteiger charge is -2.10.